The molecule has 0 aliphatic heterocycles. The van der Waals surface area contributed by atoms with Gasteiger partial charge in [-0.3, -0.25) is 9.89 Å². The lowest BCUT2D eigenvalue weighted by molar-refractivity contribution is 0.102. The standard InChI is InChI=1S/C12H12ClN3O/c1-2-10-7-11(16-15-10)14-12(17)8-3-5-9(13)6-4-8/h3-7H,2H2,1H3,(H2,14,15,16,17). The number of hydrogen-bond acceptors (Lipinski definition) is 2. The first-order chi connectivity index (χ1) is 8.19. The predicted octanol–water partition coefficient (Wildman–Crippen LogP) is 2.88. The van der Waals surface area contributed by atoms with Crippen LogP contribution in [0.2, 0.25) is 5.02 Å². The Morgan fingerprint density at radius 1 is 1.41 bits per heavy atom. The molecule has 0 aliphatic rings. The number of H-pyrrole nitrogens is 1. The molecule has 4 nitrogen and oxygen atoms in total. The molecule has 0 aliphatic carbocycles. The van der Waals surface area contributed by atoms with Crippen molar-refractivity contribution in [2.75, 3.05) is 5.32 Å². The van der Waals surface area contributed by atoms with Crippen LogP contribution in [-0.2, 0) is 6.42 Å². The number of rotatable bonds is 3. The third kappa shape index (κ3) is 2.85. The number of carbonyl (C=O) groups excluding carboxylic acids is 1. The molecule has 1 aromatic carbocycles. The van der Waals surface area contributed by atoms with Gasteiger partial charge in [0.1, 0.15) is 0 Å². The highest BCUT2D eigenvalue weighted by Gasteiger charge is 2.07. The van der Waals surface area contributed by atoms with Crippen LogP contribution in [0.25, 0.3) is 0 Å². The Labute approximate surface area is 104 Å². The topological polar surface area (TPSA) is 57.8 Å². The Hall–Kier alpha value is -1.81. The average Bonchev–Trinajstić information content (AvgIpc) is 2.77. The first-order valence-corrected chi connectivity index (χ1v) is 5.68. The summed E-state index contributed by atoms with van der Waals surface area (Å²) in [6, 6.07) is 8.51. The van der Waals surface area contributed by atoms with Gasteiger partial charge in [-0.15, -0.1) is 0 Å². The number of nitrogens with zero attached hydrogens (tertiary/aromatic N) is 1. The summed E-state index contributed by atoms with van der Waals surface area (Å²) in [5.74, 6) is 0.331. The molecule has 88 valence electrons. The quantitative estimate of drug-likeness (QED) is 0.879. The zero-order chi connectivity index (χ0) is 12.3. The second kappa shape index (κ2) is 5.01. The van der Waals surface area contributed by atoms with E-state index in [1.165, 1.54) is 0 Å². The van der Waals surface area contributed by atoms with E-state index in [1.807, 2.05) is 13.0 Å². The zero-order valence-electron chi connectivity index (χ0n) is 9.33. The molecule has 0 saturated carbocycles. The number of aromatic nitrogens is 2. The van der Waals surface area contributed by atoms with Crippen molar-refractivity contribution in [2.45, 2.75) is 13.3 Å². The van der Waals surface area contributed by atoms with Crippen molar-refractivity contribution < 1.29 is 4.79 Å². The third-order valence-electron chi connectivity index (χ3n) is 2.36. The molecule has 2 aromatic rings. The number of nitrogens with one attached hydrogen (secondary N) is 2. The van der Waals surface area contributed by atoms with Gasteiger partial charge in [0, 0.05) is 22.3 Å². The molecule has 5 heteroatoms. The fourth-order valence-electron chi connectivity index (χ4n) is 1.40. The highest BCUT2D eigenvalue weighted by atomic mass is 35.5. The van der Waals surface area contributed by atoms with Gasteiger partial charge >= 0.3 is 0 Å². The lowest BCUT2D eigenvalue weighted by atomic mass is 10.2. The van der Waals surface area contributed by atoms with E-state index in [0.717, 1.165) is 12.1 Å². The molecule has 0 unspecified atom stereocenters. The van der Waals surface area contributed by atoms with Crippen LogP contribution in [0.5, 0.6) is 0 Å². The van der Waals surface area contributed by atoms with E-state index in [0.29, 0.717) is 16.4 Å². The Morgan fingerprint density at radius 2 is 2.12 bits per heavy atom. The Balaban J connectivity index is 2.08. The van der Waals surface area contributed by atoms with E-state index in [-0.39, 0.29) is 5.91 Å². The number of anilines is 1. The second-order valence-electron chi connectivity index (χ2n) is 3.59. The molecule has 2 N–H and O–H groups in total. The molecule has 0 radical (unpaired) electrons. The monoisotopic (exact) mass is 249 g/mol. The molecule has 1 amide bonds. The normalized spacial score (nSPS) is 10.2. The first-order valence-electron chi connectivity index (χ1n) is 5.30. The van der Waals surface area contributed by atoms with Crippen LogP contribution in [0.4, 0.5) is 5.82 Å². The maximum Gasteiger partial charge on any atom is 0.256 e. The molecule has 0 spiro atoms. The number of carbonyl (C=O) groups is 1. The van der Waals surface area contributed by atoms with E-state index in [1.54, 1.807) is 24.3 Å². The molecule has 0 fully saturated rings. The van der Waals surface area contributed by atoms with Gasteiger partial charge in [-0.1, -0.05) is 18.5 Å². The number of aryl methyl sites for hydroxylation is 1. The van der Waals surface area contributed by atoms with Gasteiger partial charge in [-0.2, -0.15) is 5.10 Å². The molecule has 0 atom stereocenters. The van der Waals surface area contributed by atoms with Gasteiger partial charge in [0.05, 0.1) is 0 Å². The number of amides is 1. The van der Waals surface area contributed by atoms with E-state index < -0.39 is 0 Å². The summed E-state index contributed by atoms with van der Waals surface area (Å²) in [4.78, 5) is 11.8. The van der Waals surface area contributed by atoms with Crippen molar-refractivity contribution in [1.82, 2.24) is 10.2 Å². The van der Waals surface area contributed by atoms with Crippen LogP contribution in [0.1, 0.15) is 23.0 Å². The maximum atomic E-state index is 11.8. The van der Waals surface area contributed by atoms with Crippen molar-refractivity contribution in [3.05, 3.63) is 46.6 Å². The Kier molecular flexibility index (Phi) is 3.44. The largest absolute Gasteiger partial charge is 0.305 e. The highest BCUT2D eigenvalue weighted by molar-refractivity contribution is 6.30. The molecule has 17 heavy (non-hydrogen) atoms. The minimum absolute atomic E-state index is 0.198. The highest BCUT2D eigenvalue weighted by Crippen LogP contribution is 2.12. The summed E-state index contributed by atoms with van der Waals surface area (Å²) < 4.78 is 0. The summed E-state index contributed by atoms with van der Waals surface area (Å²) in [5.41, 5.74) is 1.53. The Bertz CT molecular complexity index is 519. The fraction of sp³-hybridized carbons (Fsp3) is 0.167. The van der Waals surface area contributed by atoms with Crippen LogP contribution < -0.4 is 5.32 Å². The van der Waals surface area contributed by atoms with Crippen LogP contribution in [0.3, 0.4) is 0 Å². The van der Waals surface area contributed by atoms with Gasteiger partial charge in [0.2, 0.25) is 0 Å². The minimum Gasteiger partial charge on any atom is -0.305 e. The zero-order valence-corrected chi connectivity index (χ0v) is 10.1. The molecule has 1 heterocycles. The maximum absolute atomic E-state index is 11.8. The van der Waals surface area contributed by atoms with E-state index in [4.69, 9.17) is 11.6 Å². The van der Waals surface area contributed by atoms with Gasteiger partial charge in [0.15, 0.2) is 5.82 Å². The fourth-order valence-corrected chi connectivity index (χ4v) is 1.52. The summed E-state index contributed by atoms with van der Waals surface area (Å²) in [6.07, 6.45) is 0.851. The lowest BCUT2D eigenvalue weighted by Gasteiger charge is -2.01. The van der Waals surface area contributed by atoms with Crippen LogP contribution in [0.15, 0.2) is 30.3 Å². The molecular formula is C12H12ClN3O. The van der Waals surface area contributed by atoms with Crippen molar-refractivity contribution in [3.8, 4) is 0 Å². The molecule has 1 aromatic heterocycles. The predicted molar refractivity (Wildman–Crippen MR) is 67.4 cm³/mol. The van der Waals surface area contributed by atoms with Crippen molar-refractivity contribution in [1.29, 1.82) is 0 Å². The second-order valence-corrected chi connectivity index (χ2v) is 4.03. The molecule has 0 saturated heterocycles. The number of aromatic amines is 1. The minimum atomic E-state index is -0.198. The van der Waals surface area contributed by atoms with E-state index in [9.17, 15) is 4.79 Å². The lowest BCUT2D eigenvalue weighted by Crippen LogP contribution is -2.11. The number of hydrogen-bond donors (Lipinski definition) is 2. The van der Waals surface area contributed by atoms with Crippen molar-refractivity contribution in [2.24, 2.45) is 0 Å². The van der Waals surface area contributed by atoms with Crippen molar-refractivity contribution >= 4 is 23.3 Å². The Morgan fingerprint density at radius 3 is 2.71 bits per heavy atom. The van der Waals surface area contributed by atoms with Crippen LogP contribution >= 0.6 is 11.6 Å². The van der Waals surface area contributed by atoms with Crippen LogP contribution in [0, 0.1) is 0 Å². The molecule has 2 rings (SSSR count). The van der Waals surface area contributed by atoms with Gasteiger partial charge < -0.3 is 5.32 Å². The molecule has 0 bridgehead atoms. The van der Waals surface area contributed by atoms with Gasteiger partial charge in [-0.25, -0.2) is 0 Å². The van der Waals surface area contributed by atoms with Crippen molar-refractivity contribution in [3.63, 3.8) is 0 Å². The number of benzene rings is 1. The SMILES string of the molecule is CCc1cc(NC(=O)c2ccc(Cl)cc2)n[nH]1. The average molecular weight is 250 g/mol. The summed E-state index contributed by atoms with van der Waals surface area (Å²) in [5, 5.41) is 10.1. The summed E-state index contributed by atoms with van der Waals surface area (Å²) in [6.45, 7) is 2.01. The molecular weight excluding hydrogens is 238 g/mol. The number of halogens is 1. The first kappa shape index (κ1) is 11.7. The summed E-state index contributed by atoms with van der Waals surface area (Å²) in [7, 11) is 0. The van der Waals surface area contributed by atoms with E-state index >= 15 is 0 Å². The van der Waals surface area contributed by atoms with Gasteiger partial charge in [0.25, 0.3) is 5.91 Å². The van der Waals surface area contributed by atoms with Crippen LogP contribution in [-0.4, -0.2) is 16.1 Å². The smallest absolute Gasteiger partial charge is 0.256 e. The third-order valence-corrected chi connectivity index (χ3v) is 2.61. The summed E-state index contributed by atoms with van der Waals surface area (Å²) >= 11 is 5.75. The van der Waals surface area contributed by atoms with E-state index in [2.05, 4.69) is 15.5 Å². The van der Waals surface area contributed by atoms with Gasteiger partial charge in [-0.05, 0) is 30.7 Å².